The van der Waals surface area contributed by atoms with Crippen LogP contribution in [0.3, 0.4) is 0 Å². The van der Waals surface area contributed by atoms with Crippen molar-refractivity contribution in [2.75, 3.05) is 11.9 Å². The maximum absolute atomic E-state index is 12.4. The second-order valence-electron chi connectivity index (χ2n) is 7.07. The second-order valence-corrected chi connectivity index (χ2v) is 7.07. The fourth-order valence-corrected chi connectivity index (χ4v) is 3.68. The molecular formula is C20H21N3O5. The number of fused-ring (bicyclic) bond motifs is 1. The lowest BCUT2D eigenvalue weighted by molar-refractivity contribution is -0.158. The van der Waals surface area contributed by atoms with E-state index < -0.39 is 24.5 Å². The van der Waals surface area contributed by atoms with Gasteiger partial charge in [-0.25, -0.2) is 0 Å². The normalized spacial score (nSPS) is 22.2. The molecule has 0 radical (unpaired) electrons. The van der Waals surface area contributed by atoms with Crippen LogP contribution in [0, 0.1) is 23.2 Å². The number of likely N-dealkylation sites (tertiary alicyclic amines) is 1. The molecule has 3 atom stereocenters. The van der Waals surface area contributed by atoms with Crippen LogP contribution in [-0.2, 0) is 23.9 Å². The zero-order chi connectivity index (χ0) is 20.3. The van der Waals surface area contributed by atoms with Crippen LogP contribution < -0.4 is 5.32 Å². The number of hydrogen-bond donors (Lipinski definition) is 1. The van der Waals surface area contributed by atoms with Crippen LogP contribution in [-0.4, -0.2) is 41.2 Å². The number of esters is 1. The number of carbonyl (C=O) groups is 4. The number of anilines is 1. The molecule has 2 aliphatic rings. The average molecular weight is 383 g/mol. The van der Waals surface area contributed by atoms with Crippen LogP contribution in [0.4, 0.5) is 5.69 Å². The Morgan fingerprint density at radius 1 is 1.18 bits per heavy atom. The molecule has 1 N–H and O–H groups in total. The summed E-state index contributed by atoms with van der Waals surface area (Å²) in [4.78, 5) is 50.1. The number of benzene rings is 1. The van der Waals surface area contributed by atoms with Crippen molar-refractivity contribution >= 4 is 29.4 Å². The van der Waals surface area contributed by atoms with Crippen molar-refractivity contribution < 1.29 is 23.9 Å². The zero-order valence-electron chi connectivity index (χ0n) is 15.5. The lowest BCUT2D eigenvalue weighted by Gasteiger charge is -2.19. The molecule has 3 amide bonds. The van der Waals surface area contributed by atoms with Crippen molar-refractivity contribution in [3.8, 4) is 6.07 Å². The summed E-state index contributed by atoms with van der Waals surface area (Å²) in [6, 6.07) is 8.21. The molecule has 3 rings (SSSR count). The number of ether oxygens (including phenoxy) is 1. The lowest BCUT2D eigenvalue weighted by atomic mass is 9.81. The van der Waals surface area contributed by atoms with Crippen LogP contribution in [0.1, 0.15) is 38.2 Å². The minimum absolute atomic E-state index is 0.318. The standard InChI is InChI=1S/C20H21N3O5/c1-12(18(25)22-14-8-6-13(10-21)7-9-14)28-17(24)11-23-19(26)15-4-2-3-5-16(15)20(23)27/h6-9,12,15-16H,2-5,11H2,1H3,(H,22,25)/t12-,15-,16-/m0/s1. The summed E-state index contributed by atoms with van der Waals surface area (Å²) in [5.41, 5.74) is 0.916. The van der Waals surface area contributed by atoms with Gasteiger partial charge in [-0.05, 0) is 44.0 Å². The van der Waals surface area contributed by atoms with Gasteiger partial charge >= 0.3 is 5.97 Å². The van der Waals surface area contributed by atoms with Gasteiger partial charge in [0.15, 0.2) is 6.10 Å². The molecule has 0 aromatic heterocycles. The Morgan fingerprint density at radius 3 is 2.29 bits per heavy atom. The molecule has 1 aromatic carbocycles. The molecule has 8 nitrogen and oxygen atoms in total. The van der Waals surface area contributed by atoms with E-state index in [1.165, 1.54) is 6.92 Å². The van der Waals surface area contributed by atoms with Gasteiger partial charge in [-0.3, -0.25) is 24.1 Å². The molecule has 0 unspecified atom stereocenters. The van der Waals surface area contributed by atoms with Crippen LogP contribution in [0.5, 0.6) is 0 Å². The van der Waals surface area contributed by atoms with E-state index in [0.29, 0.717) is 24.1 Å². The summed E-state index contributed by atoms with van der Waals surface area (Å²) >= 11 is 0. The zero-order valence-corrected chi connectivity index (χ0v) is 15.5. The van der Waals surface area contributed by atoms with E-state index in [9.17, 15) is 19.2 Å². The number of nitriles is 1. The smallest absolute Gasteiger partial charge is 0.326 e. The third-order valence-corrected chi connectivity index (χ3v) is 5.18. The van der Waals surface area contributed by atoms with Crippen LogP contribution in [0.2, 0.25) is 0 Å². The van der Waals surface area contributed by atoms with Crippen molar-refractivity contribution in [2.45, 2.75) is 38.7 Å². The van der Waals surface area contributed by atoms with Gasteiger partial charge in [0.1, 0.15) is 6.54 Å². The molecule has 0 spiro atoms. The van der Waals surface area contributed by atoms with Gasteiger partial charge in [-0.1, -0.05) is 12.8 Å². The van der Waals surface area contributed by atoms with Gasteiger partial charge in [0.2, 0.25) is 11.8 Å². The number of nitrogens with one attached hydrogen (secondary N) is 1. The number of carbonyl (C=O) groups excluding carboxylic acids is 4. The van der Waals surface area contributed by atoms with E-state index in [1.54, 1.807) is 24.3 Å². The van der Waals surface area contributed by atoms with Gasteiger partial charge < -0.3 is 10.1 Å². The van der Waals surface area contributed by atoms with Gasteiger partial charge in [0, 0.05) is 5.69 Å². The molecule has 2 fully saturated rings. The van der Waals surface area contributed by atoms with Crippen molar-refractivity contribution in [3.63, 3.8) is 0 Å². The topological polar surface area (TPSA) is 117 Å². The number of nitrogens with zero attached hydrogens (tertiary/aromatic N) is 2. The fourth-order valence-electron chi connectivity index (χ4n) is 3.68. The summed E-state index contributed by atoms with van der Waals surface area (Å²) in [5, 5.41) is 11.4. The van der Waals surface area contributed by atoms with Gasteiger partial charge in [-0.2, -0.15) is 5.26 Å². The maximum atomic E-state index is 12.4. The van der Waals surface area contributed by atoms with Gasteiger partial charge in [0.05, 0.1) is 23.5 Å². The molecule has 8 heteroatoms. The Balaban J connectivity index is 1.53. The molecule has 1 aliphatic heterocycles. The van der Waals surface area contributed by atoms with Crippen molar-refractivity contribution in [2.24, 2.45) is 11.8 Å². The highest BCUT2D eigenvalue weighted by Gasteiger charge is 2.48. The number of imide groups is 1. The van der Waals surface area contributed by atoms with E-state index >= 15 is 0 Å². The molecule has 1 saturated heterocycles. The van der Waals surface area contributed by atoms with E-state index in [-0.39, 0.29) is 23.7 Å². The summed E-state index contributed by atoms with van der Waals surface area (Å²) in [5.74, 6) is -2.64. The highest BCUT2D eigenvalue weighted by atomic mass is 16.5. The summed E-state index contributed by atoms with van der Waals surface area (Å²) in [7, 11) is 0. The van der Waals surface area contributed by atoms with E-state index in [4.69, 9.17) is 10.00 Å². The minimum Gasteiger partial charge on any atom is -0.451 e. The Bertz CT molecular complexity index is 818. The van der Waals surface area contributed by atoms with Crippen LogP contribution in [0.15, 0.2) is 24.3 Å². The summed E-state index contributed by atoms with van der Waals surface area (Å²) in [6.07, 6.45) is 2.06. The van der Waals surface area contributed by atoms with Crippen LogP contribution in [0.25, 0.3) is 0 Å². The third-order valence-electron chi connectivity index (χ3n) is 5.18. The Hall–Kier alpha value is -3.21. The first-order chi connectivity index (χ1) is 13.4. The van der Waals surface area contributed by atoms with Crippen molar-refractivity contribution in [1.82, 2.24) is 4.90 Å². The monoisotopic (exact) mass is 383 g/mol. The van der Waals surface area contributed by atoms with E-state index in [2.05, 4.69) is 5.32 Å². The molecule has 0 bridgehead atoms. The SMILES string of the molecule is C[C@H](OC(=O)CN1C(=O)[C@H]2CCCC[C@@H]2C1=O)C(=O)Nc1ccc(C#N)cc1. The lowest BCUT2D eigenvalue weighted by Crippen LogP contribution is -2.39. The number of rotatable bonds is 5. The van der Waals surface area contributed by atoms with Crippen molar-refractivity contribution in [1.29, 1.82) is 5.26 Å². The predicted octanol–water partition coefficient (Wildman–Crippen LogP) is 1.60. The molecule has 1 heterocycles. The molecule has 146 valence electrons. The second kappa shape index (κ2) is 8.21. The third kappa shape index (κ3) is 4.03. The first-order valence-electron chi connectivity index (χ1n) is 9.26. The quantitative estimate of drug-likeness (QED) is 0.610. The Kier molecular flexibility index (Phi) is 5.73. The van der Waals surface area contributed by atoms with Gasteiger partial charge in [0.25, 0.3) is 5.91 Å². The van der Waals surface area contributed by atoms with E-state index in [1.807, 2.05) is 6.07 Å². The predicted molar refractivity (Wildman–Crippen MR) is 97.5 cm³/mol. The molecule has 28 heavy (non-hydrogen) atoms. The van der Waals surface area contributed by atoms with E-state index in [0.717, 1.165) is 17.7 Å². The first-order valence-corrected chi connectivity index (χ1v) is 9.26. The first kappa shape index (κ1) is 19.5. The largest absolute Gasteiger partial charge is 0.451 e. The fraction of sp³-hybridized carbons (Fsp3) is 0.450. The Morgan fingerprint density at radius 2 is 1.75 bits per heavy atom. The van der Waals surface area contributed by atoms with Crippen molar-refractivity contribution in [3.05, 3.63) is 29.8 Å². The molecule has 1 saturated carbocycles. The molecule has 1 aliphatic carbocycles. The molecule has 1 aromatic rings. The maximum Gasteiger partial charge on any atom is 0.326 e. The van der Waals surface area contributed by atoms with Crippen LogP contribution >= 0.6 is 0 Å². The highest BCUT2D eigenvalue weighted by Crippen LogP contribution is 2.37. The minimum atomic E-state index is -1.10. The number of hydrogen-bond acceptors (Lipinski definition) is 6. The van der Waals surface area contributed by atoms with Gasteiger partial charge in [-0.15, -0.1) is 0 Å². The summed E-state index contributed by atoms with van der Waals surface area (Å²) < 4.78 is 5.09. The average Bonchev–Trinajstić information content (AvgIpc) is 2.93. The molecular weight excluding hydrogens is 362 g/mol. The Labute approximate surface area is 162 Å². The number of amides is 3. The highest BCUT2D eigenvalue weighted by molar-refractivity contribution is 6.07. The summed E-state index contributed by atoms with van der Waals surface area (Å²) in [6.45, 7) is 0.934.